The number of nitrogens with zero attached hydrogens (tertiary/aromatic N) is 1. The van der Waals surface area contributed by atoms with Gasteiger partial charge in [-0.15, -0.1) is 0 Å². The summed E-state index contributed by atoms with van der Waals surface area (Å²) >= 11 is 5.42. The first-order valence-electron chi connectivity index (χ1n) is 4.62. The van der Waals surface area contributed by atoms with E-state index in [4.69, 9.17) is 0 Å². The average molecular weight is 254 g/mol. The first kappa shape index (κ1) is 12.8. The van der Waals surface area contributed by atoms with E-state index in [1.54, 1.807) is 0 Å². The fourth-order valence-electron chi connectivity index (χ4n) is 1.06. The van der Waals surface area contributed by atoms with Gasteiger partial charge in [-0.25, -0.2) is 0 Å². The molecule has 0 aliphatic carbocycles. The van der Waals surface area contributed by atoms with E-state index in [2.05, 4.69) is 34.0 Å². The van der Waals surface area contributed by atoms with E-state index in [9.17, 15) is 0 Å². The minimum Gasteiger partial charge on any atom is -0.302 e. The Morgan fingerprint density at radius 2 is 2.00 bits per heavy atom. The highest BCUT2D eigenvalue weighted by Crippen LogP contribution is 1.99. The molecule has 1 nitrogen and oxygen atoms in total. The molecule has 0 fully saturated rings. The maximum atomic E-state index is 3.49. The summed E-state index contributed by atoms with van der Waals surface area (Å²) in [5.41, 5.74) is 0. The topological polar surface area (TPSA) is 3.24 Å². The summed E-state index contributed by atoms with van der Waals surface area (Å²) in [4.78, 5) is 2.54. The van der Waals surface area contributed by atoms with Crippen molar-refractivity contribution in [3.8, 4) is 0 Å². The molecule has 0 aliphatic rings. The lowest BCUT2D eigenvalue weighted by Gasteiger charge is -2.20. The molecule has 0 saturated carbocycles. The van der Waals surface area contributed by atoms with Crippen LogP contribution < -0.4 is 0 Å². The molecule has 0 aromatic rings. The van der Waals surface area contributed by atoms with Gasteiger partial charge in [-0.2, -0.15) is 11.8 Å². The molecule has 0 N–H and O–H groups in total. The molecular weight excluding hydrogens is 234 g/mol. The molecule has 0 aliphatic heterocycles. The van der Waals surface area contributed by atoms with Gasteiger partial charge in [0.15, 0.2) is 0 Å². The molecule has 0 radical (unpaired) electrons. The van der Waals surface area contributed by atoms with E-state index in [-0.39, 0.29) is 0 Å². The highest BCUT2D eigenvalue weighted by atomic mass is 79.9. The summed E-state index contributed by atoms with van der Waals surface area (Å²) in [6.45, 7) is 5.96. The second-order valence-corrected chi connectivity index (χ2v) is 4.66. The molecular formula is C9H20BrNS. The third-order valence-electron chi connectivity index (χ3n) is 1.84. The highest BCUT2D eigenvalue weighted by molar-refractivity contribution is 9.09. The second-order valence-electron chi connectivity index (χ2n) is 2.88. The summed E-state index contributed by atoms with van der Waals surface area (Å²) in [5.74, 6) is 1.26. The minimum atomic E-state index is 1.10. The summed E-state index contributed by atoms with van der Waals surface area (Å²) in [7, 11) is 0. The van der Waals surface area contributed by atoms with E-state index in [1.807, 2.05) is 11.8 Å². The van der Waals surface area contributed by atoms with Crippen LogP contribution >= 0.6 is 27.7 Å². The monoisotopic (exact) mass is 253 g/mol. The van der Waals surface area contributed by atoms with Crippen LogP contribution in [0, 0.1) is 0 Å². The second kappa shape index (κ2) is 9.87. The van der Waals surface area contributed by atoms with E-state index >= 15 is 0 Å². The van der Waals surface area contributed by atoms with E-state index in [1.165, 1.54) is 38.2 Å². The Labute approximate surface area is 89.4 Å². The number of rotatable bonds is 8. The van der Waals surface area contributed by atoms with Crippen molar-refractivity contribution in [3.63, 3.8) is 0 Å². The number of halogens is 1. The van der Waals surface area contributed by atoms with Crippen molar-refractivity contribution >= 4 is 27.7 Å². The summed E-state index contributed by atoms with van der Waals surface area (Å²) in [6.07, 6.45) is 4.81. The van der Waals surface area contributed by atoms with Gasteiger partial charge in [-0.3, -0.25) is 0 Å². The maximum Gasteiger partial charge on any atom is 0.0159 e. The smallest absolute Gasteiger partial charge is 0.0159 e. The molecule has 0 aromatic carbocycles. The number of hydrogen-bond acceptors (Lipinski definition) is 2. The first-order valence-corrected chi connectivity index (χ1v) is 7.14. The number of hydrogen-bond donors (Lipinski definition) is 0. The lowest BCUT2D eigenvalue weighted by atomic mass is 10.3. The molecule has 3 heteroatoms. The molecule has 0 unspecified atom stereocenters. The number of thioether (sulfide) groups is 1. The summed E-state index contributed by atoms with van der Waals surface area (Å²) in [6, 6.07) is 0. The Hall–Kier alpha value is 0.790. The predicted molar refractivity (Wildman–Crippen MR) is 63.5 cm³/mol. The van der Waals surface area contributed by atoms with Gasteiger partial charge < -0.3 is 4.90 Å². The zero-order chi connectivity index (χ0) is 9.23. The number of unbranched alkanes of at least 4 members (excludes halogenated alkanes) is 1. The van der Waals surface area contributed by atoms with Crippen molar-refractivity contribution < 1.29 is 0 Å². The predicted octanol–water partition coefficient (Wildman–Crippen LogP) is 2.85. The number of alkyl halides is 1. The van der Waals surface area contributed by atoms with Crippen molar-refractivity contribution in [1.29, 1.82) is 0 Å². The van der Waals surface area contributed by atoms with Gasteiger partial charge in [0.05, 0.1) is 0 Å². The van der Waals surface area contributed by atoms with Crippen molar-refractivity contribution in [1.82, 2.24) is 4.90 Å². The van der Waals surface area contributed by atoms with Gasteiger partial charge in [0.2, 0.25) is 0 Å². The molecule has 0 saturated heterocycles. The molecule has 0 aromatic heterocycles. The lowest BCUT2D eigenvalue weighted by Crippen LogP contribution is -2.29. The molecule has 0 atom stereocenters. The van der Waals surface area contributed by atoms with Crippen LogP contribution in [0.15, 0.2) is 0 Å². The lowest BCUT2D eigenvalue weighted by molar-refractivity contribution is 0.304. The van der Waals surface area contributed by atoms with E-state index in [0.717, 1.165) is 5.33 Å². The standard InChI is InChI=1S/C9H20BrNS/c1-3-4-6-11(7-5-10)8-9-12-2/h3-9H2,1-2H3. The SMILES string of the molecule is CCCCN(CCBr)CCSC. The quantitative estimate of drug-likeness (QED) is 0.613. The van der Waals surface area contributed by atoms with Crippen LogP contribution in [0.4, 0.5) is 0 Å². The molecule has 74 valence electrons. The zero-order valence-corrected chi connectivity index (χ0v) is 10.6. The van der Waals surface area contributed by atoms with E-state index < -0.39 is 0 Å². The Morgan fingerprint density at radius 1 is 1.25 bits per heavy atom. The first-order chi connectivity index (χ1) is 5.85. The normalized spacial score (nSPS) is 11.0. The molecule has 0 bridgehead atoms. The van der Waals surface area contributed by atoms with Crippen LogP contribution in [0.1, 0.15) is 19.8 Å². The molecule has 0 amide bonds. The van der Waals surface area contributed by atoms with Crippen molar-refractivity contribution in [2.45, 2.75) is 19.8 Å². The Balaban J connectivity index is 3.40. The third kappa shape index (κ3) is 7.44. The fraction of sp³-hybridized carbons (Fsp3) is 1.00. The van der Waals surface area contributed by atoms with Gasteiger partial charge in [-0.1, -0.05) is 29.3 Å². The summed E-state index contributed by atoms with van der Waals surface area (Å²) in [5, 5.41) is 1.10. The third-order valence-corrected chi connectivity index (χ3v) is 2.79. The van der Waals surface area contributed by atoms with Gasteiger partial charge in [0.1, 0.15) is 0 Å². The van der Waals surface area contributed by atoms with Crippen LogP contribution in [0.25, 0.3) is 0 Å². The zero-order valence-electron chi connectivity index (χ0n) is 8.18. The van der Waals surface area contributed by atoms with Gasteiger partial charge in [-0.05, 0) is 19.2 Å². The molecule has 0 rings (SSSR count). The van der Waals surface area contributed by atoms with Gasteiger partial charge in [0.25, 0.3) is 0 Å². The molecule has 12 heavy (non-hydrogen) atoms. The maximum absolute atomic E-state index is 3.49. The van der Waals surface area contributed by atoms with Crippen molar-refractivity contribution in [2.24, 2.45) is 0 Å². The van der Waals surface area contributed by atoms with Crippen LogP contribution in [0.5, 0.6) is 0 Å². The van der Waals surface area contributed by atoms with Gasteiger partial charge in [0, 0.05) is 24.2 Å². The van der Waals surface area contributed by atoms with Crippen LogP contribution in [-0.2, 0) is 0 Å². The Morgan fingerprint density at radius 3 is 2.50 bits per heavy atom. The fourth-order valence-corrected chi connectivity index (χ4v) is 2.00. The Kier molecular flexibility index (Phi) is 10.5. The average Bonchev–Trinajstić information content (AvgIpc) is 2.10. The van der Waals surface area contributed by atoms with Gasteiger partial charge >= 0.3 is 0 Å². The summed E-state index contributed by atoms with van der Waals surface area (Å²) < 4.78 is 0. The Bertz CT molecular complexity index is 82.6. The van der Waals surface area contributed by atoms with E-state index in [0.29, 0.717) is 0 Å². The highest BCUT2D eigenvalue weighted by Gasteiger charge is 2.01. The largest absolute Gasteiger partial charge is 0.302 e. The van der Waals surface area contributed by atoms with Crippen LogP contribution in [0.3, 0.4) is 0 Å². The van der Waals surface area contributed by atoms with Crippen molar-refractivity contribution in [2.75, 3.05) is 37.0 Å². The van der Waals surface area contributed by atoms with Crippen molar-refractivity contribution in [3.05, 3.63) is 0 Å². The molecule has 0 spiro atoms. The minimum absolute atomic E-state index is 1.10. The molecule has 0 heterocycles. The van der Waals surface area contributed by atoms with Crippen LogP contribution in [0.2, 0.25) is 0 Å². The van der Waals surface area contributed by atoms with Crippen LogP contribution in [-0.4, -0.2) is 41.9 Å².